The van der Waals surface area contributed by atoms with E-state index in [0.717, 1.165) is 12.8 Å². The number of hydrogen-bond acceptors (Lipinski definition) is 3. The Morgan fingerprint density at radius 1 is 1.73 bits per heavy atom. The van der Waals surface area contributed by atoms with Crippen molar-refractivity contribution < 1.29 is 5.11 Å². The van der Waals surface area contributed by atoms with Gasteiger partial charge in [0, 0.05) is 24.2 Å². The molecule has 1 aliphatic heterocycles. The number of thioether (sulfide) groups is 1. The van der Waals surface area contributed by atoms with Gasteiger partial charge in [-0.15, -0.1) is 0 Å². The Kier molecular flexibility index (Phi) is 3.70. The number of aromatic nitrogens is 2. The topological polar surface area (TPSA) is 38.0 Å². The van der Waals surface area contributed by atoms with Gasteiger partial charge in [-0.3, -0.25) is 4.68 Å². The Morgan fingerprint density at radius 2 is 2.60 bits per heavy atom. The summed E-state index contributed by atoms with van der Waals surface area (Å²) in [5.41, 5.74) is 1.21. The lowest BCUT2D eigenvalue weighted by Gasteiger charge is -2.16. The molecular formula is C11H18N2OS. The van der Waals surface area contributed by atoms with Crippen LogP contribution in [0.5, 0.6) is 0 Å². The van der Waals surface area contributed by atoms with Crippen molar-refractivity contribution in [2.45, 2.75) is 37.0 Å². The molecular weight excluding hydrogens is 208 g/mol. The molecule has 15 heavy (non-hydrogen) atoms. The van der Waals surface area contributed by atoms with Crippen LogP contribution in [0.2, 0.25) is 0 Å². The molecule has 0 bridgehead atoms. The molecule has 0 saturated carbocycles. The average molecular weight is 226 g/mol. The largest absolute Gasteiger partial charge is 0.392 e. The predicted octanol–water partition coefficient (Wildman–Crippen LogP) is 1.61. The minimum absolute atomic E-state index is 0.146. The normalized spacial score (nSPS) is 23.2. The number of aliphatic hydroxyl groups excluding tert-OH is 1. The Balaban J connectivity index is 1.80. The molecule has 4 heteroatoms. The molecule has 1 fully saturated rings. The fourth-order valence-corrected chi connectivity index (χ4v) is 3.36. The molecule has 1 saturated heterocycles. The molecule has 3 nitrogen and oxygen atoms in total. The Labute approximate surface area is 94.9 Å². The van der Waals surface area contributed by atoms with Crippen molar-refractivity contribution in [2.75, 3.05) is 5.75 Å². The van der Waals surface area contributed by atoms with E-state index in [1.165, 1.54) is 24.3 Å². The van der Waals surface area contributed by atoms with Crippen LogP contribution in [0.25, 0.3) is 0 Å². The van der Waals surface area contributed by atoms with Crippen molar-refractivity contribution in [1.29, 1.82) is 0 Å². The van der Waals surface area contributed by atoms with Crippen LogP contribution in [-0.4, -0.2) is 32.0 Å². The van der Waals surface area contributed by atoms with Gasteiger partial charge in [-0.25, -0.2) is 0 Å². The first-order valence-electron chi connectivity index (χ1n) is 5.54. The highest BCUT2D eigenvalue weighted by molar-refractivity contribution is 8.00. The second kappa shape index (κ2) is 5.03. The summed E-state index contributed by atoms with van der Waals surface area (Å²) in [5, 5.41) is 14.6. The molecule has 0 spiro atoms. The fraction of sp³-hybridized carbons (Fsp3) is 0.727. The van der Waals surface area contributed by atoms with Gasteiger partial charge in [0.25, 0.3) is 0 Å². The monoisotopic (exact) mass is 226 g/mol. The molecule has 2 unspecified atom stereocenters. The standard InChI is InChI=1S/C11H18N2OS/c1-13-9(6-7-12-13)4-5-10(14)11-3-2-8-15-11/h6-7,10-11,14H,2-5,8H2,1H3. The van der Waals surface area contributed by atoms with Crippen LogP contribution >= 0.6 is 11.8 Å². The van der Waals surface area contributed by atoms with Crippen LogP contribution in [0.1, 0.15) is 25.0 Å². The lowest BCUT2D eigenvalue weighted by Crippen LogP contribution is -2.21. The van der Waals surface area contributed by atoms with E-state index >= 15 is 0 Å². The van der Waals surface area contributed by atoms with Crippen molar-refractivity contribution in [3.8, 4) is 0 Å². The van der Waals surface area contributed by atoms with Gasteiger partial charge in [-0.2, -0.15) is 16.9 Å². The third kappa shape index (κ3) is 2.75. The van der Waals surface area contributed by atoms with E-state index in [-0.39, 0.29) is 6.10 Å². The minimum Gasteiger partial charge on any atom is -0.392 e. The predicted molar refractivity (Wildman–Crippen MR) is 63.0 cm³/mol. The van der Waals surface area contributed by atoms with Gasteiger partial charge in [0.2, 0.25) is 0 Å². The van der Waals surface area contributed by atoms with E-state index in [1.54, 1.807) is 0 Å². The van der Waals surface area contributed by atoms with E-state index in [4.69, 9.17) is 0 Å². The summed E-state index contributed by atoms with van der Waals surface area (Å²) in [7, 11) is 1.95. The highest BCUT2D eigenvalue weighted by atomic mass is 32.2. The zero-order valence-electron chi connectivity index (χ0n) is 9.09. The molecule has 0 aliphatic carbocycles. The SMILES string of the molecule is Cn1nccc1CCC(O)C1CCCS1. The maximum atomic E-state index is 9.99. The summed E-state index contributed by atoms with van der Waals surface area (Å²) in [4.78, 5) is 0. The minimum atomic E-state index is -0.146. The third-order valence-corrected chi connectivity index (χ3v) is 4.52. The summed E-state index contributed by atoms with van der Waals surface area (Å²) in [6, 6.07) is 2.02. The summed E-state index contributed by atoms with van der Waals surface area (Å²) >= 11 is 1.92. The Hall–Kier alpha value is -0.480. The van der Waals surface area contributed by atoms with Gasteiger partial charge >= 0.3 is 0 Å². The first-order chi connectivity index (χ1) is 7.27. The van der Waals surface area contributed by atoms with Crippen LogP contribution in [0.4, 0.5) is 0 Å². The maximum Gasteiger partial charge on any atom is 0.0662 e. The van der Waals surface area contributed by atoms with E-state index in [2.05, 4.69) is 5.10 Å². The quantitative estimate of drug-likeness (QED) is 0.847. The first-order valence-corrected chi connectivity index (χ1v) is 6.59. The molecule has 0 aromatic carbocycles. The molecule has 1 N–H and O–H groups in total. The Bertz CT molecular complexity index is 307. The summed E-state index contributed by atoms with van der Waals surface area (Å²) < 4.78 is 1.88. The zero-order valence-corrected chi connectivity index (χ0v) is 9.91. The van der Waals surface area contributed by atoms with E-state index in [0.29, 0.717) is 5.25 Å². The first kappa shape index (κ1) is 11.0. The summed E-state index contributed by atoms with van der Waals surface area (Å²) in [6.07, 6.45) is 5.89. The van der Waals surface area contributed by atoms with Crippen LogP contribution in [-0.2, 0) is 13.5 Å². The van der Waals surface area contributed by atoms with Crippen molar-refractivity contribution in [3.05, 3.63) is 18.0 Å². The highest BCUT2D eigenvalue weighted by Crippen LogP contribution is 2.30. The smallest absolute Gasteiger partial charge is 0.0662 e. The van der Waals surface area contributed by atoms with Crippen molar-refractivity contribution in [2.24, 2.45) is 7.05 Å². The highest BCUT2D eigenvalue weighted by Gasteiger charge is 2.23. The van der Waals surface area contributed by atoms with Crippen LogP contribution < -0.4 is 0 Å². The number of rotatable bonds is 4. The average Bonchev–Trinajstić information content (AvgIpc) is 2.85. The number of aliphatic hydroxyl groups is 1. The van der Waals surface area contributed by atoms with E-state index < -0.39 is 0 Å². The molecule has 0 radical (unpaired) electrons. The maximum absolute atomic E-state index is 9.99. The van der Waals surface area contributed by atoms with Gasteiger partial charge in [0.15, 0.2) is 0 Å². The zero-order chi connectivity index (χ0) is 10.7. The van der Waals surface area contributed by atoms with E-state index in [9.17, 15) is 5.11 Å². The lowest BCUT2D eigenvalue weighted by atomic mass is 10.1. The van der Waals surface area contributed by atoms with Gasteiger partial charge in [-0.1, -0.05) is 0 Å². The molecule has 1 aromatic heterocycles. The van der Waals surface area contributed by atoms with Crippen molar-refractivity contribution >= 4 is 11.8 Å². The molecule has 84 valence electrons. The molecule has 0 amide bonds. The molecule has 1 aromatic rings. The summed E-state index contributed by atoms with van der Waals surface area (Å²) in [5.74, 6) is 1.22. The van der Waals surface area contributed by atoms with Crippen molar-refractivity contribution in [3.63, 3.8) is 0 Å². The second-order valence-corrected chi connectivity index (χ2v) is 5.45. The van der Waals surface area contributed by atoms with Crippen LogP contribution in [0.3, 0.4) is 0 Å². The molecule has 1 aliphatic rings. The third-order valence-electron chi connectivity index (χ3n) is 3.01. The fourth-order valence-electron chi connectivity index (χ4n) is 2.03. The Morgan fingerprint density at radius 3 is 3.20 bits per heavy atom. The van der Waals surface area contributed by atoms with Gasteiger partial charge in [0.1, 0.15) is 0 Å². The number of aryl methyl sites for hydroxylation is 2. The molecule has 2 heterocycles. The van der Waals surface area contributed by atoms with Crippen LogP contribution in [0.15, 0.2) is 12.3 Å². The second-order valence-electron chi connectivity index (χ2n) is 4.10. The summed E-state index contributed by atoms with van der Waals surface area (Å²) in [6.45, 7) is 0. The van der Waals surface area contributed by atoms with Gasteiger partial charge < -0.3 is 5.11 Å². The lowest BCUT2D eigenvalue weighted by molar-refractivity contribution is 0.159. The van der Waals surface area contributed by atoms with Crippen molar-refractivity contribution in [1.82, 2.24) is 9.78 Å². The molecule has 2 rings (SSSR count). The molecule has 2 atom stereocenters. The van der Waals surface area contributed by atoms with E-state index in [1.807, 2.05) is 35.8 Å². The number of hydrogen-bond donors (Lipinski definition) is 1. The van der Waals surface area contributed by atoms with Gasteiger partial charge in [-0.05, 0) is 37.5 Å². The van der Waals surface area contributed by atoms with Gasteiger partial charge in [0.05, 0.1) is 6.10 Å². The number of nitrogens with zero attached hydrogens (tertiary/aromatic N) is 2. The van der Waals surface area contributed by atoms with Crippen LogP contribution in [0, 0.1) is 0 Å².